The summed E-state index contributed by atoms with van der Waals surface area (Å²) >= 11 is 5.93. The third kappa shape index (κ3) is 4.71. The van der Waals surface area contributed by atoms with E-state index in [0.717, 1.165) is 0 Å². The van der Waals surface area contributed by atoms with Crippen LogP contribution in [0.25, 0.3) is 0 Å². The van der Waals surface area contributed by atoms with E-state index in [0.29, 0.717) is 17.0 Å². The van der Waals surface area contributed by atoms with E-state index in [9.17, 15) is 14.7 Å². The van der Waals surface area contributed by atoms with Crippen LogP contribution in [0.5, 0.6) is 0 Å². The molecule has 6 heteroatoms. The zero-order valence-corrected chi connectivity index (χ0v) is 13.8. The van der Waals surface area contributed by atoms with Gasteiger partial charge < -0.3 is 14.7 Å². The molecule has 0 radical (unpaired) electrons. The second-order valence-corrected chi connectivity index (χ2v) is 5.57. The average molecular weight is 328 g/mol. The topological polar surface area (TPSA) is 66.8 Å². The molecule has 1 N–H and O–H groups in total. The Kier molecular flexibility index (Phi) is 7.35. The van der Waals surface area contributed by atoms with Crippen LogP contribution in [0, 0.1) is 5.92 Å². The summed E-state index contributed by atoms with van der Waals surface area (Å²) in [6, 6.07) is 6.25. The summed E-state index contributed by atoms with van der Waals surface area (Å²) in [4.78, 5) is 25.8. The number of aliphatic hydroxyl groups is 1. The second-order valence-electron chi connectivity index (χ2n) is 5.14. The molecule has 1 amide bonds. The minimum atomic E-state index is -0.478. The van der Waals surface area contributed by atoms with Crippen molar-refractivity contribution in [2.45, 2.75) is 26.3 Å². The van der Waals surface area contributed by atoms with Crippen LogP contribution in [-0.2, 0) is 9.53 Å². The summed E-state index contributed by atoms with van der Waals surface area (Å²) in [6.07, 6.45) is 0.580. The molecule has 0 saturated carbocycles. The molecule has 0 aliphatic carbocycles. The first kappa shape index (κ1) is 18.5. The van der Waals surface area contributed by atoms with Crippen molar-refractivity contribution in [2.24, 2.45) is 5.92 Å². The predicted octanol–water partition coefficient (Wildman–Crippen LogP) is 2.36. The molecule has 0 aliphatic rings. The Morgan fingerprint density at radius 2 is 2.09 bits per heavy atom. The Bertz CT molecular complexity index is 517. The number of amides is 1. The van der Waals surface area contributed by atoms with Crippen molar-refractivity contribution >= 4 is 23.5 Å². The highest BCUT2D eigenvalue weighted by Gasteiger charge is 2.27. The zero-order chi connectivity index (χ0) is 16.7. The molecule has 2 unspecified atom stereocenters. The molecule has 5 nitrogen and oxygen atoms in total. The van der Waals surface area contributed by atoms with Crippen LogP contribution in [0.1, 0.15) is 30.6 Å². The lowest BCUT2D eigenvalue weighted by Gasteiger charge is -2.31. The van der Waals surface area contributed by atoms with Crippen molar-refractivity contribution in [3.05, 3.63) is 34.9 Å². The third-order valence-corrected chi connectivity index (χ3v) is 3.76. The second kappa shape index (κ2) is 8.76. The molecule has 1 aromatic carbocycles. The van der Waals surface area contributed by atoms with Crippen LogP contribution in [0.3, 0.4) is 0 Å². The van der Waals surface area contributed by atoms with Crippen LogP contribution in [0.2, 0.25) is 5.02 Å². The third-order valence-electron chi connectivity index (χ3n) is 3.53. The summed E-state index contributed by atoms with van der Waals surface area (Å²) in [5.41, 5.74) is 0.427. The van der Waals surface area contributed by atoms with Gasteiger partial charge >= 0.3 is 5.97 Å². The van der Waals surface area contributed by atoms with Gasteiger partial charge in [0.1, 0.15) is 0 Å². The van der Waals surface area contributed by atoms with Crippen LogP contribution in [0.15, 0.2) is 24.3 Å². The van der Waals surface area contributed by atoms with E-state index in [1.165, 1.54) is 12.0 Å². The molecule has 2 atom stereocenters. The van der Waals surface area contributed by atoms with Gasteiger partial charge in [-0.2, -0.15) is 0 Å². The molecular weight excluding hydrogens is 306 g/mol. The number of hydrogen-bond acceptors (Lipinski definition) is 4. The number of aliphatic hydroxyl groups excluding tert-OH is 1. The maximum Gasteiger partial charge on any atom is 0.310 e. The minimum absolute atomic E-state index is 0.170. The number of halogens is 1. The van der Waals surface area contributed by atoms with E-state index < -0.39 is 11.9 Å². The molecule has 22 heavy (non-hydrogen) atoms. The maximum absolute atomic E-state index is 12.7. The van der Waals surface area contributed by atoms with Gasteiger partial charge in [-0.3, -0.25) is 9.59 Å². The number of ether oxygens (including phenoxy) is 1. The first-order valence-corrected chi connectivity index (χ1v) is 7.57. The number of nitrogens with zero attached hydrogens (tertiary/aromatic N) is 1. The standard InChI is InChI=1S/C16H22ClNO4/c1-4-14(10-19)18(9-11(2)16(21)22-3)15(20)12-6-5-7-13(17)8-12/h5-8,11,14,19H,4,9-10H2,1-3H3. The van der Waals surface area contributed by atoms with Gasteiger partial charge in [0, 0.05) is 17.1 Å². The van der Waals surface area contributed by atoms with Gasteiger partial charge in [-0.05, 0) is 24.6 Å². The molecule has 1 rings (SSSR count). The van der Waals surface area contributed by atoms with E-state index in [-0.39, 0.29) is 25.1 Å². The van der Waals surface area contributed by atoms with Gasteiger partial charge in [0.05, 0.1) is 25.7 Å². The summed E-state index contributed by atoms with van der Waals surface area (Å²) < 4.78 is 4.70. The number of carbonyl (C=O) groups excluding carboxylic acids is 2. The molecular formula is C16H22ClNO4. The highest BCUT2D eigenvalue weighted by molar-refractivity contribution is 6.30. The quantitative estimate of drug-likeness (QED) is 0.781. The van der Waals surface area contributed by atoms with Crippen molar-refractivity contribution in [2.75, 3.05) is 20.3 Å². The van der Waals surface area contributed by atoms with Gasteiger partial charge in [-0.15, -0.1) is 0 Å². The number of methoxy groups -OCH3 is 1. The number of rotatable bonds is 7. The van der Waals surface area contributed by atoms with E-state index in [2.05, 4.69) is 0 Å². The van der Waals surface area contributed by atoms with Crippen molar-refractivity contribution in [3.8, 4) is 0 Å². The van der Waals surface area contributed by atoms with Crippen LogP contribution in [-0.4, -0.2) is 48.2 Å². The van der Waals surface area contributed by atoms with Crippen LogP contribution >= 0.6 is 11.6 Å². The lowest BCUT2D eigenvalue weighted by Crippen LogP contribution is -2.45. The van der Waals surface area contributed by atoms with Crippen molar-refractivity contribution in [1.82, 2.24) is 4.90 Å². The first-order valence-electron chi connectivity index (χ1n) is 7.19. The lowest BCUT2D eigenvalue weighted by molar-refractivity contribution is -0.145. The largest absolute Gasteiger partial charge is 0.469 e. The van der Waals surface area contributed by atoms with Gasteiger partial charge in [-0.25, -0.2) is 0 Å². The lowest BCUT2D eigenvalue weighted by atomic mass is 10.1. The number of carbonyl (C=O) groups is 2. The zero-order valence-electron chi connectivity index (χ0n) is 13.1. The highest BCUT2D eigenvalue weighted by atomic mass is 35.5. The van der Waals surface area contributed by atoms with Crippen LogP contribution < -0.4 is 0 Å². The Morgan fingerprint density at radius 3 is 2.59 bits per heavy atom. The van der Waals surface area contributed by atoms with E-state index in [1.54, 1.807) is 31.2 Å². The summed E-state index contributed by atoms with van der Waals surface area (Å²) in [7, 11) is 1.31. The smallest absolute Gasteiger partial charge is 0.310 e. The molecule has 0 spiro atoms. The van der Waals surface area contributed by atoms with Crippen molar-refractivity contribution in [1.29, 1.82) is 0 Å². The maximum atomic E-state index is 12.7. The molecule has 0 bridgehead atoms. The van der Waals surface area contributed by atoms with E-state index >= 15 is 0 Å². The molecule has 122 valence electrons. The summed E-state index contributed by atoms with van der Waals surface area (Å²) in [5, 5.41) is 9.98. The van der Waals surface area contributed by atoms with Gasteiger partial charge in [0.15, 0.2) is 0 Å². The normalized spacial score (nSPS) is 13.3. The Balaban J connectivity index is 3.04. The predicted molar refractivity (Wildman–Crippen MR) is 84.8 cm³/mol. The Morgan fingerprint density at radius 1 is 1.41 bits per heavy atom. The monoisotopic (exact) mass is 327 g/mol. The average Bonchev–Trinajstić information content (AvgIpc) is 2.53. The Labute approximate surface area is 135 Å². The fraction of sp³-hybridized carbons (Fsp3) is 0.500. The van der Waals surface area contributed by atoms with Crippen molar-refractivity contribution in [3.63, 3.8) is 0 Å². The SMILES string of the molecule is CCC(CO)N(CC(C)C(=O)OC)C(=O)c1cccc(Cl)c1. The highest BCUT2D eigenvalue weighted by Crippen LogP contribution is 2.17. The number of hydrogen-bond donors (Lipinski definition) is 1. The molecule has 0 saturated heterocycles. The van der Waals surface area contributed by atoms with Gasteiger partial charge in [-0.1, -0.05) is 31.5 Å². The van der Waals surface area contributed by atoms with Crippen molar-refractivity contribution < 1.29 is 19.4 Å². The molecule has 0 fully saturated rings. The summed E-state index contributed by atoms with van der Waals surface area (Å²) in [5.74, 6) is -1.13. The molecule has 0 heterocycles. The first-order chi connectivity index (χ1) is 10.4. The molecule has 0 aliphatic heterocycles. The van der Waals surface area contributed by atoms with Gasteiger partial charge in [0.2, 0.25) is 0 Å². The Hall–Kier alpha value is -1.59. The van der Waals surface area contributed by atoms with E-state index in [1.807, 2.05) is 6.92 Å². The fourth-order valence-electron chi connectivity index (χ4n) is 2.20. The fourth-order valence-corrected chi connectivity index (χ4v) is 2.39. The number of esters is 1. The number of benzene rings is 1. The van der Waals surface area contributed by atoms with Gasteiger partial charge in [0.25, 0.3) is 5.91 Å². The van der Waals surface area contributed by atoms with E-state index in [4.69, 9.17) is 16.3 Å². The minimum Gasteiger partial charge on any atom is -0.469 e. The van der Waals surface area contributed by atoms with Crippen LogP contribution in [0.4, 0.5) is 0 Å². The summed E-state index contributed by atoms with van der Waals surface area (Å²) in [6.45, 7) is 3.57. The molecule has 1 aromatic rings. The molecule has 0 aromatic heterocycles.